The number of carbonyl (C=O) groups is 1. The van der Waals surface area contributed by atoms with E-state index >= 15 is 0 Å². The number of carbonyl (C=O) groups excluding carboxylic acids is 1. The first kappa shape index (κ1) is 28.2. The molecule has 3 aromatic carbocycles. The molecule has 1 amide bonds. The summed E-state index contributed by atoms with van der Waals surface area (Å²) in [7, 11) is -0.615. The molecule has 0 atom stereocenters. The highest BCUT2D eigenvalue weighted by Crippen LogP contribution is 2.42. The van der Waals surface area contributed by atoms with Crippen molar-refractivity contribution in [2.45, 2.75) is 13.5 Å². The normalized spacial score (nSPS) is 11.7. The zero-order chi connectivity index (χ0) is 30.5. The number of nitrogens with zero attached hydrogens (tertiary/aromatic N) is 2. The predicted molar refractivity (Wildman–Crippen MR) is 169 cm³/mol. The van der Waals surface area contributed by atoms with Gasteiger partial charge in [0.1, 0.15) is 17.0 Å². The number of sulfonamides is 1. The monoisotopic (exact) mass is 594 g/mol. The van der Waals surface area contributed by atoms with Gasteiger partial charge in [-0.3, -0.25) is 9.10 Å². The molecule has 0 fully saturated rings. The molecule has 0 aliphatic rings. The largest absolute Gasteiger partial charge is 0.455 e. The average molecular weight is 595 g/mol. The summed E-state index contributed by atoms with van der Waals surface area (Å²) in [5.74, 6) is 0.0720. The van der Waals surface area contributed by atoms with E-state index in [0.717, 1.165) is 28.3 Å². The Balaban J connectivity index is 1.62. The number of anilines is 1. The molecular weight excluding hydrogens is 564 g/mol. The van der Waals surface area contributed by atoms with Crippen molar-refractivity contribution in [3.63, 3.8) is 0 Å². The summed E-state index contributed by atoms with van der Waals surface area (Å²) in [5.41, 5.74) is 7.08. The van der Waals surface area contributed by atoms with E-state index in [0.29, 0.717) is 56.0 Å². The molecule has 9 nitrogen and oxygen atoms in total. The molecule has 0 saturated carbocycles. The van der Waals surface area contributed by atoms with Crippen LogP contribution in [0, 0.1) is 6.92 Å². The first-order chi connectivity index (χ1) is 20.6. The van der Waals surface area contributed by atoms with Gasteiger partial charge in [0.2, 0.25) is 10.0 Å². The minimum absolute atomic E-state index is 0.189. The van der Waals surface area contributed by atoms with Crippen molar-refractivity contribution in [3.05, 3.63) is 95.7 Å². The van der Waals surface area contributed by atoms with E-state index in [1.807, 2.05) is 67.6 Å². The van der Waals surface area contributed by atoms with Gasteiger partial charge >= 0.3 is 0 Å². The number of benzene rings is 3. The van der Waals surface area contributed by atoms with E-state index in [-0.39, 0.29) is 12.5 Å². The van der Waals surface area contributed by atoms with Crippen LogP contribution in [-0.4, -0.2) is 49.8 Å². The maximum Gasteiger partial charge on any atom is 0.255 e. The van der Waals surface area contributed by atoms with E-state index in [4.69, 9.17) is 4.42 Å². The second kappa shape index (κ2) is 10.7. The fourth-order valence-corrected chi connectivity index (χ4v) is 5.90. The average Bonchev–Trinajstić information content (AvgIpc) is 3.58. The third kappa shape index (κ3) is 4.94. The smallest absolute Gasteiger partial charge is 0.255 e. The number of hydrogen-bond donors (Lipinski definition) is 3. The molecule has 3 aromatic heterocycles. The van der Waals surface area contributed by atoms with Crippen molar-refractivity contribution in [2.24, 2.45) is 0 Å². The molecule has 0 radical (unpaired) electrons. The van der Waals surface area contributed by atoms with Crippen molar-refractivity contribution < 1.29 is 22.7 Å². The minimum atomic E-state index is -3.66. The number of aromatic amines is 1. The Morgan fingerprint density at radius 2 is 1.74 bits per heavy atom. The lowest BCUT2D eigenvalue weighted by Crippen LogP contribution is -2.25. The van der Waals surface area contributed by atoms with E-state index < -0.39 is 10.0 Å². The van der Waals surface area contributed by atoms with E-state index in [1.54, 1.807) is 25.4 Å². The van der Waals surface area contributed by atoms with Gasteiger partial charge in [0.05, 0.1) is 29.8 Å². The number of H-pyrrole nitrogens is 1. The maximum atomic E-state index is 13.3. The van der Waals surface area contributed by atoms with E-state index in [9.17, 15) is 18.3 Å². The molecule has 0 unspecified atom stereocenters. The number of fused-ring (bicyclic) bond motifs is 2. The number of pyridine rings is 1. The van der Waals surface area contributed by atoms with Gasteiger partial charge in [0, 0.05) is 53.8 Å². The summed E-state index contributed by atoms with van der Waals surface area (Å²) in [4.78, 5) is 21.0. The summed E-state index contributed by atoms with van der Waals surface area (Å²) in [6.45, 7) is 1.79. The summed E-state index contributed by atoms with van der Waals surface area (Å²) >= 11 is 0. The van der Waals surface area contributed by atoms with Gasteiger partial charge < -0.3 is 19.8 Å². The number of amides is 1. The van der Waals surface area contributed by atoms with Crippen LogP contribution in [0.15, 0.2) is 83.4 Å². The minimum Gasteiger partial charge on any atom is -0.455 e. The van der Waals surface area contributed by atoms with Crippen molar-refractivity contribution in [3.8, 4) is 33.7 Å². The number of aromatic nitrogens is 2. The Morgan fingerprint density at radius 3 is 2.44 bits per heavy atom. The second-order valence-corrected chi connectivity index (χ2v) is 12.5. The SMILES string of the molecule is CNC(=O)c1c(-c2ccc(C)cc2)oc2cc(N(C)S(C)(=O)=O)c(-c3cccc(-c4[nH]c5ncccc5c4CO)c3)cc12. The summed E-state index contributed by atoms with van der Waals surface area (Å²) < 4.78 is 33.1. The molecule has 0 saturated heterocycles. The number of aliphatic hydroxyl groups is 1. The van der Waals surface area contributed by atoms with Crippen LogP contribution >= 0.6 is 0 Å². The van der Waals surface area contributed by atoms with Gasteiger partial charge in [-0.15, -0.1) is 0 Å². The highest BCUT2D eigenvalue weighted by atomic mass is 32.2. The van der Waals surface area contributed by atoms with Crippen molar-refractivity contribution in [1.82, 2.24) is 15.3 Å². The predicted octanol–water partition coefficient (Wildman–Crippen LogP) is 5.87. The van der Waals surface area contributed by atoms with Crippen LogP contribution in [0.5, 0.6) is 0 Å². The van der Waals surface area contributed by atoms with E-state index in [2.05, 4.69) is 15.3 Å². The Bertz CT molecular complexity index is 2130. The molecule has 218 valence electrons. The molecule has 0 aliphatic carbocycles. The van der Waals surface area contributed by atoms with Crippen LogP contribution in [0.1, 0.15) is 21.5 Å². The van der Waals surface area contributed by atoms with Crippen LogP contribution < -0.4 is 9.62 Å². The van der Waals surface area contributed by atoms with Gasteiger partial charge in [-0.1, -0.05) is 48.0 Å². The molecule has 3 heterocycles. The molecule has 0 spiro atoms. The summed E-state index contributed by atoms with van der Waals surface area (Å²) in [6, 6.07) is 22.4. The van der Waals surface area contributed by atoms with Crippen molar-refractivity contribution in [1.29, 1.82) is 0 Å². The second-order valence-electron chi connectivity index (χ2n) is 10.5. The molecule has 0 aliphatic heterocycles. The lowest BCUT2D eigenvalue weighted by molar-refractivity contribution is 0.0964. The molecule has 10 heteroatoms. The fourth-order valence-electron chi connectivity index (χ4n) is 5.39. The lowest BCUT2D eigenvalue weighted by Gasteiger charge is -2.21. The van der Waals surface area contributed by atoms with Gasteiger partial charge in [-0.05, 0) is 42.3 Å². The van der Waals surface area contributed by atoms with E-state index in [1.165, 1.54) is 11.4 Å². The first-order valence-electron chi connectivity index (χ1n) is 13.6. The maximum absolute atomic E-state index is 13.3. The lowest BCUT2D eigenvalue weighted by atomic mass is 9.96. The van der Waals surface area contributed by atoms with Gasteiger partial charge in [0.15, 0.2) is 0 Å². The van der Waals surface area contributed by atoms with Crippen LogP contribution in [0.25, 0.3) is 55.7 Å². The number of hydrogen-bond acceptors (Lipinski definition) is 6. The first-order valence-corrected chi connectivity index (χ1v) is 15.5. The fraction of sp³-hybridized carbons (Fsp3) is 0.152. The van der Waals surface area contributed by atoms with Crippen LogP contribution in [-0.2, 0) is 16.6 Å². The zero-order valence-corrected chi connectivity index (χ0v) is 24.9. The van der Waals surface area contributed by atoms with Crippen LogP contribution in [0.3, 0.4) is 0 Å². The number of nitrogens with one attached hydrogen (secondary N) is 2. The number of rotatable bonds is 7. The Hall–Kier alpha value is -4.93. The highest BCUT2D eigenvalue weighted by molar-refractivity contribution is 7.92. The molecule has 43 heavy (non-hydrogen) atoms. The molecule has 0 bridgehead atoms. The quantitative estimate of drug-likeness (QED) is 0.212. The Morgan fingerprint density at radius 1 is 1.00 bits per heavy atom. The van der Waals surface area contributed by atoms with Crippen LogP contribution in [0.2, 0.25) is 0 Å². The Labute approximate surface area is 248 Å². The summed E-state index contributed by atoms with van der Waals surface area (Å²) in [6.07, 6.45) is 2.82. The Kier molecular flexibility index (Phi) is 7.03. The molecule has 3 N–H and O–H groups in total. The van der Waals surface area contributed by atoms with Crippen molar-refractivity contribution in [2.75, 3.05) is 24.7 Å². The third-order valence-electron chi connectivity index (χ3n) is 7.71. The van der Waals surface area contributed by atoms with Gasteiger partial charge in [-0.25, -0.2) is 13.4 Å². The number of furan rings is 1. The van der Waals surface area contributed by atoms with Gasteiger partial charge in [-0.2, -0.15) is 0 Å². The summed E-state index contributed by atoms with van der Waals surface area (Å²) in [5, 5.41) is 14.3. The molecule has 6 rings (SSSR count). The van der Waals surface area contributed by atoms with Crippen molar-refractivity contribution >= 4 is 43.6 Å². The number of aryl methyl sites for hydroxylation is 1. The third-order valence-corrected chi connectivity index (χ3v) is 8.90. The molecule has 6 aromatic rings. The highest BCUT2D eigenvalue weighted by Gasteiger charge is 2.26. The zero-order valence-electron chi connectivity index (χ0n) is 24.1. The van der Waals surface area contributed by atoms with Crippen LogP contribution in [0.4, 0.5) is 5.69 Å². The topological polar surface area (TPSA) is 129 Å². The number of aliphatic hydroxyl groups excluding tert-OH is 1. The van der Waals surface area contributed by atoms with Gasteiger partial charge in [0.25, 0.3) is 5.91 Å². The molecular formula is C33H30N4O5S. The standard InChI is InChI=1S/C33H30N4O5S/c1-19-10-12-20(13-11-19)31-29(33(39)34-2)25-16-24(27(17-28(25)42-31)37(3)43(4,40)41)21-7-5-8-22(15-21)30-26(18-38)23-9-6-14-35-32(23)36-30/h5-17,38H,18H2,1-4H3,(H,34,39)(H,35,36).